The number of methoxy groups -OCH3 is 1. The van der Waals surface area contributed by atoms with Crippen LogP contribution in [0.3, 0.4) is 0 Å². The number of hydrogen-bond acceptors (Lipinski definition) is 4. The van der Waals surface area contributed by atoms with Crippen molar-refractivity contribution >= 4 is 11.9 Å². The number of imide groups is 1. The lowest BCUT2D eigenvalue weighted by Crippen LogP contribution is -2.55. The highest BCUT2D eigenvalue weighted by atomic mass is 16.5. The second-order valence-electron chi connectivity index (χ2n) is 4.11. The van der Waals surface area contributed by atoms with Crippen LogP contribution in [0.15, 0.2) is 0 Å². The predicted molar refractivity (Wildman–Crippen MR) is 61.6 cm³/mol. The average Bonchev–Trinajstić information content (AvgIpc) is 2.28. The van der Waals surface area contributed by atoms with Crippen LogP contribution in [0.1, 0.15) is 20.3 Å². The first-order chi connectivity index (χ1) is 8.06. The summed E-state index contributed by atoms with van der Waals surface area (Å²) in [6.07, 6.45) is 0.255. The fraction of sp³-hybridized carbons (Fsp3) is 0.818. The number of ether oxygens (including phenoxy) is 2. The van der Waals surface area contributed by atoms with Gasteiger partial charge in [-0.2, -0.15) is 0 Å². The van der Waals surface area contributed by atoms with E-state index >= 15 is 0 Å². The molecule has 1 N–H and O–H groups in total. The van der Waals surface area contributed by atoms with E-state index < -0.39 is 0 Å². The zero-order valence-corrected chi connectivity index (χ0v) is 10.6. The Morgan fingerprint density at radius 1 is 1.35 bits per heavy atom. The van der Waals surface area contributed by atoms with Crippen LogP contribution in [0, 0.1) is 0 Å². The average molecular weight is 244 g/mol. The molecule has 0 spiro atoms. The number of carbonyl (C=O) groups is 2. The highest BCUT2D eigenvalue weighted by Crippen LogP contribution is 2.11. The van der Waals surface area contributed by atoms with Gasteiger partial charge >= 0.3 is 6.03 Å². The lowest BCUT2D eigenvalue weighted by Gasteiger charge is -2.35. The highest BCUT2D eigenvalue weighted by molar-refractivity contribution is 5.96. The van der Waals surface area contributed by atoms with Gasteiger partial charge in [-0.3, -0.25) is 10.1 Å². The Labute approximate surface area is 101 Å². The van der Waals surface area contributed by atoms with E-state index in [9.17, 15) is 9.59 Å². The summed E-state index contributed by atoms with van der Waals surface area (Å²) in [5, 5.41) is 2.30. The maximum atomic E-state index is 11.6. The van der Waals surface area contributed by atoms with Gasteiger partial charge < -0.3 is 14.4 Å². The topological polar surface area (TPSA) is 67.9 Å². The zero-order chi connectivity index (χ0) is 12.8. The lowest BCUT2D eigenvalue weighted by atomic mass is 10.1. The molecule has 2 unspecified atom stereocenters. The third kappa shape index (κ3) is 3.98. The van der Waals surface area contributed by atoms with Gasteiger partial charge in [-0.25, -0.2) is 4.79 Å². The number of carbonyl (C=O) groups excluding carboxylic acids is 2. The number of nitrogens with zero attached hydrogens (tertiary/aromatic N) is 1. The molecule has 0 aliphatic carbocycles. The minimum Gasteiger partial charge on any atom is -0.382 e. The monoisotopic (exact) mass is 244 g/mol. The van der Waals surface area contributed by atoms with E-state index in [0.29, 0.717) is 26.2 Å². The molecule has 1 aliphatic heterocycles. The normalized spacial score (nSPS) is 20.1. The summed E-state index contributed by atoms with van der Waals surface area (Å²) in [5.74, 6) is -0.216. The molecule has 0 aromatic rings. The van der Waals surface area contributed by atoms with Crippen LogP contribution in [0.4, 0.5) is 4.79 Å². The third-order valence-corrected chi connectivity index (χ3v) is 2.93. The van der Waals surface area contributed by atoms with Gasteiger partial charge in [-0.05, 0) is 13.8 Å². The summed E-state index contributed by atoms with van der Waals surface area (Å²) >= 11 is 0. The van der Waals surface area contributed by atoms with E-state index in [0.717, 1.165) is 0 Å². The van der Waals surface area contributed by atoms with Gasteiger partial charge in [-0.15, -0.1) is 0 Å². The highest BCUT2D eigenvalue weighted by Gasteiger charge is 2.29. The Bertz CT molecular complexity index is 283. The maximum absolute atomic E-state index is 11.6. The summed E-state index contributed by atoms with van der Waals surface area (Å²) in [4.78, 5) is 24.2. The van der Waals surface area contributed by atoms with Crippen molar-refractivity contribution in [3.8, 4) is 0 Å². The van der Waals surface area contributed by atoms with E-state index in [2.05, 4.69) is 5.32 Å². The van der Waals surface area contributed by atoms with Crippen molar-refractivity contribution in [2.24, 2.45) is 0 Å². The molecule has 1 fully saturated rings. The molecule has 0 aromatic heterocycles. The second-order valence-corrected chi connectivity index (χ2v) is 4.11. The van der Waals surface area contributed by atoms with E-state index in [1.165, 1.54) is 0 Å². The van der Waals surface area contributed by atoms with E-state index in [1.807, 2.05) is 13.8 Å². The van der Waals surface area contributed by atoms with Crippen LogP contribution < -0.4 is 5.32 Å². The Hall–Kier alpha value is -1.14. The third-order valence-electron chi connectivity index (χ3n) is 2.93. The molecule has 0 radical (unpaired) electrons. The number of nitrogens with one attached hydrogen (secondary N) is 1. The summed E-state index contributed by atoms with van der Waals surface area (Å²) in [6.45, 7) is 5.29. The first-order valence-electron chi connectivity index (χ1n) is 5.77. The summed E-state index contributed by atoms with van der Waals surface area (Å²) < 4.78 is 10.4. The number of rotatable bonds is 6. The van der Waals surface area contributed by atoms with Crippen molar-refractivity contribution in [1.82, 2.24) is 10.2 Å². The van der Waals surface area contributed by atoms with E-state index in [4.69, 9.17) is 9.47 Å². The molecule has 98 valence electrons. The van der Waals surface area contributed by atoms with Crippen molar-refractivity contribution in [3.63, 3.8) is 0 Å². The molecule has 6 heteroatoms. The zero-order valence-electron chi connectivity index (χ0n) is 10.6. The molecule has 1 heterocycles. The quantitative estimate of drug-likeness (QED) is 0.685. The van der Waals surface area contributed by atoms with Crippen molar-refractivity contribution in [2.45, 2.75) is 32.4 Å². The Morgan fingerprint density at radius 2 is 2.06 bits per heavy atom. The molecule has 2 atom stereocenters. The Morgan fingerprint density at radius 3 is 2.65 bits per heavy atom. The van der Waals surface area contributed by atoms with Crippen molar-refractivity contribution in [2.75, 3.05) is 26.9 Å². The minimum absolute atomic E-state index is 0.0695. The van der Waals surface area contributed by atoms with Gasteiger partial charge in [-0.1, -0.05) is 0 Å². The van der Waals surface area contributed by atoms with E-state index in [1.54, 1.807) is 12.0 Å². The summed E-state index contributed by atoms with van der Waals surface area (Å²) in [6, 6.07) is -0.407. The molecule has 1 rings (SSSR count). The van der Waals surface area contributed by atoms with Gasteiger partial charge in [0.1, 0.15) is 0 Å². The SMILES string of the molecule is COCCOC(C)C(C)N1CCC(=O)NC1=O. The van der Waals surface area contributed by atoms with Gasteiger partial charge in [0.15, 0.2) is 0 Å². The maximum Gasteiger partial charge on any atom is 0.324 e. The molecule has 0 aromatic carbocycles. The lowest BCUT2D eigenvalue weighted by molar-refractivity contribution is -0.122. The first kappa shape index (κ1) is 13.9. The smallest absolute Gasteiger partial charge is 0.324 e. The minimum atomic E-state index is -0.337. The summed E-state index contributed by atoms with van der Waals surface area (Å²) in [7, 11) is 1.61. The van der Waals surface area contributed by atoms with Crippen molar-refractivity contribution < 1.29 is 19.1 Å². The van der Waals surface area contributed by atoms with Crippen LogP contribution in [-0.4, -0.2) is 55.9 Å². The Balaban J connectivity index is 2.42. The number of amides is 3. The van der Waals surface area contributed by atoms with E-state index in [-0.39, 0.29) is 24.1 Å². The second kappa shape index (κ2) is 6.56. The number of urea groups is 1. The summed E-state index contributed by atoms with van der Waals surface area (Å²) in [5.41, 5.74) is 0. The molecule has 1 aliphatic rings. The molecule has 1 saturated heterocycles. The predicted octanol–water partition coefficient (Wildman–Crippen LogP) is 0.368. The molecule has 3 amide bonds. The number of hydrogen-bond donors (Lipinski definition) is 1. The first-order valence-corrected chi connectivity index (χ1v) is 5.77. The molecule has 17 heavy (non-hydrogen) atoms. The van der Waals surface area contributed by atoms with Crippen LogP contribution in [0.2, 0.25) is 0 Å². The fourth-order valence-corrected chi connectivity index (χ4v) is 1.68. The van der Waals surface area contributed by atoms with Gasteiger partial charge in [0.05, 0.1) is 25.4 Å². The van der Waals surface area contributed by atoms with Crippen LogP contribution in [0.25, 0.3) is 0 Å². The fourth-order valence-electron chi connectivity index (χ4n) is 1.68. The standard InChI is InChI=1S/C11H20N2O4/c1-8(9(2)17-7-6-16-3)13-5-4-10(14)12-11(13)15/h8-9H,4-7H2,1-3H3,(H,12,14,15). The van der Waals surface area contributed by atoms with Gasteiger partial charge in [0.25, 0.3) is 0 Å². The molecular formula is C11H20N2O4. The molecular weight excluding hydrogens is 224 g/mol. The Kier molecular flexibility index (Phi) is 5.37. The van der Waals surface area contributed by atoms with Crippen molar-refractivity contribution in [3.05, 3.63) is 0 Å². The van der Waals surface area contributed by atoms with Gasteiger partial charge in [0.2, 0.25) is 5.91 Å². The molecule has 6 nitrogen and oxygen atoms in total. The molecule has 0 saturated carbocycles. The van der Waals surface area contributed by atoms with Gasteiger partial charge in [0, 0.05) is 20.1 Å². The molecule has 0 bridgehead atoms. The van der Waals surface area contributed by atoms with Crippen molar-refractivity contribution in [1.29, 1.82) is 0 Å². The van der Waals surface area contributed by atoms with Crippen LogP contribution >= 0.6 is 0 Å². The van der Waals surface area contributed by atoms with Crippen LogP contribution in [0.5, 0.6) is 0 Å². The largest absolute Gasteiger partial charge is 0.382 e. The van der Waals surface area contributed by atoms with Crippen LogP contribution in [-0.2, 0) is 14.3 Å².